The second-order valence-corrected chi connectivity index (χ2v) is 10.3. The van der Waals surface area contributed by atoms with Gasteiger partial charge in [0.2, 0.25) is 0 Å². The van der Waals surface area contributed by atoms with Gasteiger partial charge in [-0.2, -0.15) is 10.4 Å². The van der Waals surface area contributed by atoms with E-state index in [-0.39, 0.29) is 6.10 Å². The Bertz CT molecular complexity index is 1490. The highest BCUT2D eigenvalue weighted by Crippen LogP contribution is 2.38. The maximum absolute atomic E-state index is 9.21. The number of hydrogen-bond donors (Lipinski definition) is 0. The van der Waals surface area contributed by atoms with Crippen LogP contribution in [-0.2, 0) is 17.7 Å². The van der Waals surface area contributed by atoms with Crippen molar-refractivity contribution in [3.05, 3.63) is 77.5 Å². The number of nitrogens with zero attached hydrogens (tertiary/aromatic N) is 6. The molecule has 1 atom stereocenters. The first kappa shape index (κ1) is 21.5. The number of likely N-dealkylation sites (tertiary alicyclic amines) is 1. The van der Waals surface area contributed by atoms with Crippen molar-refractivity contribution in [2.75, 3.05) is 26.3 Å². The SMILES string of the molecule is N#Cc1cnc2c(c1)CCCC2Oc1ccc2cnn(-c3ccnc(CN4CC5(COC5)C4)c3)c2c1. The van der Waals surface area contributed by atoms with Crippen molar-refractivity contribution in [1.29, 1.82) is 5.26 Å². The van der Waals surface area contributed by atoms with Gasteiger partial charge in [0.1, 0.15) is 17.9 Å². The third kappa shape index (κ3) is 3.72. The van der Waals surface area contributed by atoms with Gasteiger partial charge in [-0.3, -0.25) is 14.9 Å². The Labute approximate surface area is 209 Å². The molecule has 4 aromatic rings. The molecule has 36 heavy (non-hydrogen) atoms. The molecule has 3 aromatic heterocycles. The van der Waals surface area contributed by atoms with E-state index in [1.165, 1.54) is 0 Å². The quantitative estimate of drug-likeness (QED) is 0.429. The van der Waals surface area contributed by atoms with Crippen molar-refractivity contribution >= 4 is 10.9 Å². The van der Waals surface area contributed by atoms with Crippen LogP contribution >= 0.6 is 0 Å². The third-order valence-corrected chi connectivity index (χ3v) is 7.53. The van der Waals surface area contributed by atoms with E-state index in [4.69, 9.17) is 9.47 Å². The van der Waals surface area contributed by atoms with Gasteiger partial charge >= 0.3 is 0 Å². The number of ether oxygens (including phenoxy) is 2. The Morgan fingerprint density at radius 3 is 2.86 bits per heavy atom. The predicted octanol–water partition coefficient (Wildman–Crippen LogP) is 3.98. The maximum Gasteiger partial charge on any atom is 0.141 e. The minimum absolute atomic E-state index is 0.122. The fourth-order valence-electron chi connectivity index (χ4n) is 5.74. The number of nitriles is 1. The summed E-state index contributed by atoms with van der Waals surface area (Å²) in [6.45, 7) is 4.79. The molecule has 8 heteroatoms. The van der Waals surface area contributed by atoms with Gasteiger partial charge in [-0.05, 0) is 55.2 Å². The minimum atomic E-state index is -0.122. The molecule has 1 unspecified atom stereocenters. The molecule has 0 saturated carbocycles. The zero-order valence-corrected chi connectivity index (χ0v) is 19.9. The summed E-state index contributed by atoms with van der Waals surface area (Å²) in [5.74, 6) is 0.788. The molecular weight excluding hydrogens is 452 g/mol. The fraction of sp³-hybridized carbons (Fsp3) is 0.357. The van der Waals surface area contributed by atoms with Crippen LogP contribution in [0, 0.1) is 16.7 Å². The van der Waals surface area contributed by atoms with Crippen molar-refractivity contribution in [2.45, 2.75) is 31.9 Å². The van der Waals surface area contributed by atoms with E-state index in [1.807, 2.05) is 41.3 Å². The number of hydrogen-bond acceptors (Lipinski definition) is 7. The number of aromatic nitrogens is 4. The molecule has 1 aromatic carbocycles. The molecule has 0 bridgehead atoms. The fourth-order valence-corrected chi connectivity index (χ4v) is 5.74. The summed E-state index contributed by atoms with van der Waals surface area (Å²) in [4.78, 5) is 11.6. The molecule has 2 aliphatic heterocycles. The lowest BCUT2D eigenvalue weighted by Gasteiger charge is -2.55. The van der Waals surface area contributed by atoms with Gasteiger partial charge in [0.25, 0.3) is 0 Å². The normalized spacial score (nSPS) is 20.4. The second-order valence-electron chi connectivity index (χ2n) is 10.3. The highest BCUT2D eigenvalue weighted by atomic mass is 16.5. The van der Waals surface area contributed by atoms with Crippen LogP contribution in [0.5, 0.6) is 5.75 Å². The Morgan fingerprint density at radius 1 is 1.11 bits per heavy atom. The molecule has 5 heterocycles. The summed E-state index contributed by atoms with van der Waals surface area (Å²) in [7, 11) is 0. The lowest BCUT2D eigenvalue weighted by molar-refractivity contribution is -0.191. The summed E-state index contributed by atoms with van der Waals surface area (Å²) in [6, 6.07) is 14.3. The Hall–Kier alpha value is -3.80. The minimum Gasteiger partial charge on any atom is -0.484 e. The molecule has 1 spiro atoms. The largest absolute Gasteiger partial charge is 0.484 e. The second kappa shape index (κ2) is 8.40. The van der Waals surface area contributed by atoms with Gasteiger partial charge in [-0.25, -0.2) is 4.68 Å². The number of benzene rings is 1. The molecule has 7 rings (SSSR count). The lowest BCUT2D eigenvalue weighted by atomic mass is 9.78. The van der Waals surface area contributed by atoms with E-state index in [9.17, 15) is 5.26 Å². The van der Waals surface area contributed by atoms with E-state index in [2.05, 4.69) is 38.2 Å². The number of rotatable bonds is 5. The molecule has 0 amide bonds. The molecule has 2 saturated heterocycles. The monoisotopic (exact) mass is 478 g/mol. The Morgan fingerprint density at radius 2 is 2.03 bits per heavy atom. The van der Waals surface area contributed by atoms with E-state index in [1.54, 1.807) is 6.20 Å². The molecule has 3 aliphatic rings. The van der Waals surface area contributed by atoms with Crippen molar-refractivity contribution in [3.63, 3.8) is 0 Å². The summed E-state index contributed by atoms with van der Waals surface area (Å²) in [5, 5.41) is 14.9. The van der Waals surface area contributed by atoms with Gasteiger partial charge in [-0.1, -0.05) is 0 Å². The third-order valence-electron chi connectivity index (χ3n) is 7.53. The lowest BCUT2D eigenvalue weighted by Crippen LogP contribution is -2.65. The standard InChI is InChI=1S/C28H26N6O2/c29-11-19-8-20-2-1-3-26(27(20)31-12-19)36-24-5-4-21-13-32-34(25(21)10-24)23-6-7-30-22(9-23)14-33-15-28(16-33)17-35-18-28/h4-10,12-13,26H,1-3,14-18H2. The van der Waals surface area contributed by atoms with Crippen LogP contribution in [0.4, 0.5) is 0 Å². The maximum atomic E-state index is 9.21. The van der Waals surface area contributed by atoms with Crippen LogP contribution in [0.1, 0.15) is 41.5 Å². The summed E-state index contributed by atoms with van der Waals surface area (Å²) in [6.07, 6.45) is 8.11. The van der Waals surface area contributed by atoms with Crippen molar-refractivity contribution in [3.8, 4) is 17.5 Å². The van der Waals surface area contributed by atoms with Crippen LogP contribution in [0.25, 0.3) is 16.6 Å². The number of fused-ring (bicyclic) bond motifs is 2. The van der Waals surface area contributed by atoms with E-state index in [0.29, 0.717) is 11.0 Å². The van der Waals surface area contributed by atoms with Crippen LogP contribution in [0.3, 0.4) is 0 Å². The first-order valence-corrected chi connectivity index (χ1v) is 12.5. The predicted molar refractivity (Wildman–Crippen MR) is 133 cm³/mol. The van der Waals surface area contributed by atoms with Crippen LogP contribution in [0.2, 0.25) is 0 Å². The number of aryl methyl sites for hydroxylation is 1. The summed E-state index contributed by atoms with van der Waals surface area (Å²) in [5.41, 5.74) is 6.07. The smallest absolute Gasteiger partial charge is 0.141 e. The number of pyridine rings is 2. The molecule has 180 valence electrons. The van der Waals surface area contributed by atoms with E-state index in [0.717, 1.165) is 91.4 Å². The molecule has 0 N–H and O–H groups in total. The Kier molecular flexibility index (Phi) is 5.01. The van der Waals surface area contributed by atoms with Gasteiger partial charge < -0.3 is 9.47 Å². The highest BCUT2D eigenvalue weighted by Gasteiger charge is 2.48. The van der Waals surface area contributed by atoms with Gasteiger partial charge in [-0.15, -0.1) is 0 Å². The zero-order valence-electron chi connectivity index (χ0n) is 19.9. The van der Waals surface area contributed by atoms with E-state index < -0.39 is 0 Å². The molecule has 0 radical (unpaired) electrons. The molecular formula is C28H26N6O2. The van der Waals surface area contributed by atoms with Crippen LogP contribution < -0.4 is 4.74 Å². The average molecular weight is 479 g/mol. The van der Waals surface area contributed by atoms with Crippen LogP contribution in [0.15, 0.2) is 55.0 Å². The first-order valence-electron chi connectivity index (χ1n) is 12.5. The summed E-state index contributed by atoms with van der Waals surface area (Å²) >= 11 is 0. The van der Waals surface area contributed by atoms with Gasteiger partial charge in [0, 0.05) is 48.9 Å². The van der Waals surface area contributed by atoms with Gasteiger partial charge in [0.05, 0.1) is 47.6 Å². The molecule has 8 nitrogen and oxygen atoms in total. The average Bonchev–Trinajstić information content (AvgIpc) is 3.28. The molecule has 2 fully saturated rings. The van der Waals surface area contributed by atoms with E-state index >= 15 is 0 Å². The Balaban J connectivity index is 1.13. The van der Waals surface area contributed by atoms with Crippen molar-refractivity contribution < 1.29 is 9.47 Å². The first-order chi connectivity index (χ1) is 17.7. The van der Waals surface area contributed by atoms with Crippen LogP contribution in [-0.4, -0.2) is 51.0 Å². The van der Waals surface area contributed by atoms with Crippen molar-refractivity contribution in [1.82, 2.24) is 24.6 Å². The molecule has 1 aliphatic carbocycles. The zero-order chi connectivity index (χ0) is 24.1. The van der Waals surface area contributed by atoms with Crippen molar-refractivity contribution in [2.24, 2.45) is 5.41 Å². The highest BCUT2D eigenvalue weighted by molar-refractivity contribution is 5.81. The van der Waals surface area contributed by atoms with Gasteiger partial charge in [0.15, 0.2) is 0 Å². The summed E-state index contributed by atoms with van der Waals surface area (Å²) < 4.78 is 13.8. The topological polar surface area (TPSA) is 89.1 Å².